The minimum absolute atomic E-state index is 0.0578. The predicted octanol–water partition coefficient (Wildman–Crippen LogP) is 2.97. The fourth-order valence-corrected chi connectivity index (χ4v) is 3.65. The first kappa shape index (κ1) is 20.7. The van der Waals surface area contributed by atoms with Crippen LogP contribution in [0.5, 0.6) is 17.2 Å². The Morgan fingerprint density at radius 1 is 1.17 bits per heavy atom. The molecule has 0 aromatic heterocycles. The number of carbonyl (C=O) groups excluding carboxylic acids is 1. The van der Waals surface area contributed by atoms with E-state index in [1.807, 2.05) is 13.0 Å². The largest absolute Gasteiger partial charge is 0.507 e. The molecule has 3 N–H and O–H groups in total. The van der Waals surface area contributed by atoms with Gasteiger partial charge in [0, 0.05) is 6.54 Å². The number of ether oxygens (including phenoxy) is 1. The first-order valence-electron chi connectivity index (χ1n) is 9.67. The van der Waals surface area contributed by atoms with Crippen LogP contribution in [0.4, 0.5) is 0 Å². The number of aromatic hydroxyl groups is 2. The summed E-state index contributed by atoms with van der Waals surface area (Å²) in [6.45, 7) is 2.18. The first-order chi connectivity index (χ1) is 13.9. The van der Waals surface area contributed by atoms with Crippen LogP contribution in [0.15, 0.2) is 36.4 Å². The number of likely N-dealkylation sites (tertiary alicyclic amines) is 1. The van der Waals surface area contributed by atoms with E-state index in [2.05, 4.69) is 0 Å². The lowest BCUT2D eigenvalue weighted by atomic mass is 9.97. The van der Waals surface area contributed by atoms with Gasteiger partial charge in [-0.15, -0.1) is 0 Å². The second-order valence-electron chi connectivity index (χ2n) is 7.10. The van der Waals surface area contributed by atoms with Crippen molar-refractivity contribution in [2.75, 3.05) is 13.2 Å². The molecule has 0 amide bonds. The summed E-state index contributed by atoms with van der Waals surface area (Å²) in [4.78, 5) is 25.9. The fourth-order valence-electron chi connectivity index (χ4n) is 3.65. The van der Waals surface area contributed by atoms with Crippen LogP contribution >= 0.6 is 0 Å². The summed E-state index contributed by atoms with van der Waals surface area (Å²) in [6, 6.07) is 9.69. The number of phenolic OH excluding ortho intramolecular Hbond substituents is 2. The van der Waals surface area contributed by atoms with Gasteiger partial charge in [-0.3, -0.25) is 14.5 Å². The van der Waals surface area contributed by atoms with Crippen LogP contribution in [0.2, 0.25) is 0 Å². The molecule has 0 bridgehead atoms. The van der Waals surface area contributed by atoms with E-state index in [0.717, 1.165) is 6.42 Å². The zero-order valence-corrected chi connectivity index (χ0v) is 16.3. The number of phenols is 2. The molecule has 154 valence electrons. The molecule has 2 aromatic carbocycles. The number of aliphatic carboxylic acids is 1. The smallest absolute Gasteiger partial charge is 0.320 e. The molecule has 1 atom stereocenters. The van der Waals surface area contributed by atoms with Crippen molar-refractivity contribution in [1.82, 2.24) is 4.90 Å². The Morgan fingerprint density at radius 3 is 2.55 bits per heavy atom. The molecule has 7 nitrogen and oxygen atoms in total. The van der Waals surface area contributed by atoms with E-state index in [4.69, 9.17) is 4.74 Å². The summed E-state index contributed by atoms with van der Waals surface area (Å²) in [5.74, 6) is -1.23. The predicted molar refractivity (Wildman–Crippen MR) is 106 cm³/mol. The van der Waals surface area contributed by atoms with Crippen LogP contribution in [0.1, 0.15) is 41.3 Å². The lowest BCUT2D eigenvalue weighted by Gasteiger charge is -2.23. The molecule has 7 heteroatoms. The quantitative estimate of drug-likeness (QED) is 0.586. The summed E-state index contributed by atoms with van der Waals surface area (Å²) >= 11 is 0. The summed E-state index contributed by atoms with van der Waals surface area (Å²) in [7, 11) is 0. The average Bonchev–Trinajstić information content (AvgIpc) is 3.19. The van der Waals surface area contributed by atoms with Crippen molar-refractivity contribution in [2.45, 2.75) is 38.8 Å². The molecule has 0 radical (unpaired) electrons. The zero-order chi connectivity index (χ0) is 21.0. The highest BCUT2D eigenvalue weighted by Gasteiger charge is 2.32. The van der Waals surface area contributed by atoms with Crippen molar-refractivity contribution in [1.29, 1.82) is 0 Å². The third-order valence-corrected chi connectivity index (χ3v) is 5.25. The van der Waals surface area contributed by atoms with E-state index in [1.165, 1.54) is 6.07 Å². The van der Waals surface area contributed by atoms with E-state index >= 15 is 0 Å². The van der Waals surface area contributed by atoms with Crippen molar-refractivity contribution in [2.24, 2.45) is 0 Å². The third kappa shape index (κ3) is 4.51. The van der Waals surface area contributed by atoms with Crippen LogP contribution in [0.25, 0.3) is 0 Å². The number of hydrogen-bond donors (Lipinski definition) is 3. The van der Waals surface area contributed by atoms with Crippen molar-refractivity contribution >= 4 is 11.8 Å². The molecule has 0 saturated carbocycles. The normalized spacial score (nSPS) is 16.7. The highest BCUT2D eigenvalue weighted by atomic mass is 16.5. The molecule has 1 saturated heterocycles. The van der Waals surface area contributed by atoms with Gasteiger partial charge in [0.2, 0.25) is 5.78 Å². The molecule has 1 fully saturated rings. The number of nitrogens with zero attached hydrogens (tertiary/aromatic N) is 1. The maximum atomic E-state index is 12.7. The van der Waals surface area contributed by atoms with Gasteiger partial charge in [-0.2, -0.15) is 0 Å². The molecule has 1 heterocycles. The number of Topliss-reactive ketones (excluding diaryl/α,β-unsaturated/α-hetero) is 1. The Labute approximate surface area is 169 Å². The van der Waals surface area contributed by atoms with Gasteiger partial charge in [-0.1, -0.05) is 25.1 Å². The highest BCUT2D eigenvalue weighted by molar-refractivity contribution is 6.00. The molecular formula is C22H25NO6. The van der Waals surface area contributed by atoms with Gasteiger partial charge in [0.05, 0.1) is 11.1 Å². The lowest BCUT2D eigenvalue weighted by Crippen LogP contribution is -2.35. The van der Waals surface area contributed by atoms with Crippen molar-refractivity contribution in [3.8, 4) is 17.2 Å². The van der Waals surface area contributed by atoms with Gasteiger partial charge in [0.25, 0.3) is 0 Å². The third-order valence-electron chi connectivity index (χ3n) is 5.25. The van der Waals surface area contributed by atoms with Crippen LogP contribution < -0.4 is 4.74 Å². The van der Waals surface area contributed by atoms with E-state index in [9.17, 15) is 24.9 Å². The van der Waals surface area contributed by atoms with Crippen LogP contribution in [0, 0.1) is 0 Å². The topological polar surface area (TPSA) is 107 Å². The number of carboxylic acid groups (broad SMARTS) is 1. The number of carbonyl (C=O) groups is 2. The summed E-state index contributed by atoms with van der Waals surface area (Å²) in [5.41, 5.74) is 0.768. The van der Waals surface area contributed by atoms with Gasteiger partial charge in [-0.05, 0) is 49.6 Å². The number of ketones is 1. The molecule has 0 spiro atoms. The van der Waals surface area contributed by atoms with Crippen LogP contribution in [0.3, 0.4) is 0 Å². The van der Waals surface area contributed by atoms with Crippen molar-refractivity contribution in [3.63, 3.8) is 0 Å². The first-order valence-corrected chi connectivity index (χ1v) is 9.67. The Bertz CT molecular complexity index is 896. The standard InChI is InChI=1S/C22H25NO6/c1-2-14-11-16(19(24)13-29-15-7-4-3-5-8-15)21(26)17(20(14)25)12-23-10-6-9-18(23)22(27)28/h3-5,7-8,11,18,25-26H,2,6,9-10,12-13H2,1H3,(H,27,28)/t18-/m1/s1. The Hall–Kier alpha value is -3.06. The molecule has 2 aromatic rings. The van der Waals surface area contributed by atoms with Gasteiger partial charge in [-0.25, -0.2) is 0 Å². The monoisotopic (exact) mass is 399 g/mol. The van der Waals surface area contributed by atoms with Crippen LogP contribution in [-0.4, -0.2) is 51.2 Å². The van der Waals surface area contributed by atoms with E-state index in [0.29, 0.717) is 30.7 Å². The molecule has 0 unspecified atom stereocenters. The highest BCUT2D eigenvalue weighted by Crippen LogP contribution is 2.37. The van der Waals surface area contributed by atoms with Gasteiger partial charge >= 0.3 is 5.97 Å². The molecule has 1 aliphatic rings. The van der Waals surface area contributed by atoms with Crippen molar-refractivity contribution in [3.05, 3.63) is 53.1 Å². The summed E-state index contributed by atoms with van der Waals surface area (Å²) in [5, 5.41) is 30.7. The zero-order valence-electron chi connectivity index (χ0n) is 16.3. The SMILES string of the molecule is CCc1cc(C(=O)COc2ccccc2)c(O)c(CN2CCC[C@@H]2C(=O)O)c1O. The maximum Gasteiger partial charge on any atom is 0.320 e. The molecule has 1 aliphatic heterocycles. The van der Waals surface area contributed by atoms with Gasteiger partial charge < -0.3 is 20.1 Å². The second kappa shape index (κ2) is 8.96. The number of para-hydroxylation sites is 1. The number of hydrogen-bond acceptors (Lipinski definition) is 6. The second-order valence-corrected chi connectivity index (χ2v) is 7.10. The number of carboxylic acids is 1. The van der Waals surface area contributed by atoms with Crippen molar-refractivity contribution < 1.29 is 29.6 Å². The number of rotatable bonds is 8. The number of aryl methyl sites for hydroxylation is 1. The van der Waals surface area contributed by atoms with E-state index < -0.39 is 17.8 Å². The average molecular weight is 399 g/mol. The summed E-state index contributed by atoms with van der Waals surface area (Å²) < 4.78 is 5.49. The maximum absolute atomic E-state index is 12.7. The Morgan fingerprint density at radius 2 is 1.90 bits per heavy atom. The minimum Gasteiger partial charge on any atom is -0.507 e. The van der Waals surface area contributed by atoms with E-state index in [1.54, 1.807) is 29.2 Å². The lowest BCUT2D eigenvalue weighted by molar-refractivity contribution is -0.142. The fraction of sp³-hybridized carbons (Fsp3) is 0.364. The summed E-state index contributed by atoms with van der Waals surface area (Å²) in [6.07, 6.45) is 1.70. The Kier molecular flexibility index (Phi) is 6.39. The van der Waals surface area contributed by atoms with Gasteiger partial charge in [0.15, 0.2) is 6.61 Å². The molecule has 3 rings (SSSR count). The Balaban J connectivity index is 1.87. The molecular weight excluding hydrogens is 374 g/mol. The molecule has 29 heavy (non-hydrogen) atoms. The minimum atomic E-state index is -0.930. The molecule has 0 aliphatic carbocycles. The van der Waals surface area contributed by atoms with E-state index in [-0.39, 0.29) is 35.8 Å². The van der Waals surface area contributed by atoms with Gasteiger partial charge in [0.1, 0.15) is 23.3 Å². The van der Waals surface area contributed by atoms with Crippen LogP contribution in [-0.2, 0) is 17.8 Å². The number of benzene rings is 2.